The lowest BCUT2D eigenvalue weighted by molar-refractivity contribution is 0.170. The molecule has 2 fully saturated rings. The van der Waals surface area contributed by atoms with E-state index >= 15 is 0 Å². The van der Waals surface area contributed by atoms with E-state index in [4.69, 9.17) is 4.42 Å². The molecule has 3 heteroatoms. The first-order valence-electron chi connectivity index (χ1n) is 10.9. The molecule has 3 nitrogen and oxygen atoms in total. The Morgan fingerprint density at radius 3 is 2.46 bits per heavy atom. The first-order chi connectivity index (χ1) is 13.3. The summed E-state index contributed by atoms with van der Waals surface area (Å²) >= 11 is 0. The number of hydrogen-bond acceptors (Lipinski definition) is 3. The molecule has 3 aromatic rings. The summed E-state index contributed by atoms with van der Waals surface area (Å²) in [6, 6.07) is 9.23. The van der Waals surface area contributed by atoms with Crippen LogP contribution in [0, 0.1) is 19.3 Å². The zero-order valence-corrected chi connectivity index (χ0v) is 17.9. The van der Waals surface area contributed by atoms with Gasteiger partial charge in [0.05, 0.1) is 5.69 Å². The van der Waals surface area contributed by atoms with Gasteiger partial charge in [0.25, 0.3) is 0 Å². The van der Waals surface area contributed by atoms with E-state index in [1.807, 2.05) is 6.92 Å². The largest absolute Gasteiger partial charge is 0.436 e. The molecule has 2 aromatic heterocycles. The molecule has 1 atom stereocenters. The van der Waals surface area contributed by atoms with Crippen molar-refractivity contribution in [2.45, 2.75) is 84.7 Å². The third-order valence-corrected chi connectivity index (χ3v) is 7.62. The summed E-state index contributed by atoms with van der Waals surface area (Å²) in [4.78, 5) is 7.36. The molecule has 0 bridgehead atoms. The zero-order valence-electron chi connectivity index (χ0n) is 17.9. The predicted molar refractivity (Wildman–Crippen MR) is 117 cm³/mol. The summed E-state index contributed by atoms with van der Waals surface area (Å²) < 4.78 is 6.42. The Balaban J connectivity index is 1.73. The van der Waals surface area contributed by atoms with E-state index in [0.29, 0.717) is 11.5 Å². The SMILES string of the molecule is Cc1ccc2c(n1)oc1c(N3[C@@H](C)C4(CCCCC4)CC3(C)C)c(C)ccc12. The molecule has 3 heterocycles. The first-order valence-corrected chi connectivity index (χ1v) is 10.9. The standard InChI is InChI=1S/C25H32N2O/c1-16-9-11-19-20-12-10-17(2)26-23(20)28-22(19)21(16)27-18(3)25(15-24(27,4)5)13-7-6-8-14-25/h9-12,18H,6-8,13-15H2,1-5H3/t18-/m0/s1. The van der Waals surface area contributed by atoms with Crippen LogP contribution in [0.5, 0.6) is 0 Å². The second kappa shape index (κ2) is 5.98. The van der Waals surface area contributed by atoms with Crippen LogP contribution in [0.4, 0.5) is 5.69 Å². The predicted octanol–water partition coefficient (Wildman–Crippen LogP) is 6.93. The highest BCUT2D eigenvalue weighted by Gasteiger charge is 2.54. The molecule has 1 saturated heterocycles. The van der Waals surface area contributed by atoms with Crippen molar-refractivity contribution in [3.63, 3.8) is 0 Å². The van der Waals surface area contributed by atoms with Crippen LogP contribution in [-0.4, -0.2) is 16.6 Å². The number of aryl methyl sites for hydroxylation is 2. The average Bonchev–Trinajstić information content (AvgIpc) is 3.09. The summed E-state index contributed by atoms with van der Waals surface area (Å²) in [6.07, 6.45) is 8.16. The Kier molecular flexibility index (Phi) is 3.85. The van der Waals surface area contributed by atoms with Crippen molar-refractivity contribution in [2.24, 2.45) is 5.41 Å². The zero-order chi connectivity index (χ0) is 19.7. The van der Waals surface area contributed by atoms with Crippen LogP contribution >= 0.6 is 0 Å². The summed E-state index contributed by atoms with van der Waals surface area (Å²) in [5.74, 6) is 0. The van der Waals surface area contributed by atoms with E-state index < -0.39 is 0 Å². The van der Waals surface area contributed by atoms with Gasteiger partial charge in [-0.15, -0.1) is 0 Å². The monoisotopic (exact) mass is 376 g/mol. The Morgan fingerprint density at radius 2 is 1.71 bits per heavy atom. The van der Waals surface area contributed by atoms with E-state index in [2.05, 4.69) is 61.8 Å². The minimum Gasteiger partial charge on any atom is -0.436 e. The molecule has 28 heavy (non-hydrogen) atoms. The summed E-state index contributed by atoms with van der Waals surface area (Å²) in [5, 5.41) is 2.31. The minimum atomic E-state index is 0.123. The van der Waals surface area contributed by atoms with Gasteiger partial charge >= 0.3 is 0 Å². The number of benzene rings is 1. The molecule has 0 N–H and O–H groups in total. The van der Waals surface area contributed by atoms with E-state index in [1.54, 1.807) is 0 Å². The van der Waals surface area contributed by atoms with Gasteiger partial charge in [-0.05, 0) is 77.0 Å². The molecular formula is C25H32N2O. The van der Waals surface area contributed by atoms with Gasteiger partial charge in [-0.2, -0.15) is 0 Å². The van der Waals surface area contributed by atoms with Gasteiger partial charge in [0.1, 0.15) is 0 Å². The summed E-state index contributed by atoms with van der Waals surface area (Å²) in [7, 11) is 0. The van der Waals surface area contributed by atoms with Gasteiger partial charge in [0.15, 0.2) is 5.58 Å². The van der Waals surface area contributed by atoms with Crippen LogP contribution in [0.15, 0.2) is 28.7 Å². The topological polar surface area (TPSA) is 29.3 Å². The van der Waals surface area contributed by atoms with Crippen LogP contribution in [0.3, 0.4) is 0 Å². The van der Waals surface area contributed by atoms with Gasteiger partial charge in [-0.3, -0.25) is 0 Å². The van der Waals surface area contributed by atoms with Crippen LogP contribution in [-0.2, 0) is 0 Å². The fourth-order valence-corrected chi connectivity index (χ4v) is 6.44. The molecule has 2 aliphatic rings. The second-order valence-electron chi connectivity index (χ2n) is 9.97. The minimum absolute atomic E-state index is 0.123. The summed E-state index contributed by atoms with van der Waals surface area (Å²) in [6.45, 7) is 11.6. The lowest BCUT2D eigenvalue weighted by Gasteiger charge is -2.41. The van der Waals surface area contributed by atoms with E-state index in [-0.39, 0.29) is 5.54 Å². The lowest BCUT2D eigenvalue weighted by atomic mass is 9.68. The molecule has 0 radical (unpaired) electrons. The Morgan fingerprint density at radius 1 is 1.00 bits per heavy atom. The lowest BCUT2D eigenvalue weighted by Crippen LogP contribution is -2.44. The molecule has 1 aromatic carbocycles. The van der Waals surface area contributed by atoms with Gasteiger partial charge in [0.2, 0.25) is 5.71 Å². The number of anilines is 1. The highest BCUT2D eigenvalue weighted by atomic mass is 16.3. The van der Waals surface area contributed by atoms with Gasteiger partial charge in [-0.25, -0.2) is 4.98 Å². The highest BCUT2D eigenvalue weighted by molar-refractivity contribution is 6.08. The van der Waals surface area contributed by atoms with Crippen molar-refractivity contribution < 1.29 is 4.42 Å². The fourth-order valence-electron chi connectivity index (χ4n) is 6.44. The average molecular weight is 377 g/mol. The van der Waals surface area contributed by atoms with Crippen molar-refractivity contribution >= 4 is 27.8 Å². The Labute approximate surface area is 168 Å². The van der Waals surface area contributed by atoms with E-state index in [0.717, 1.165) is 22.4 Å². The van der Waals surface area contributed by atoms with Crippen LogP contribution in [0.1, 0.15) is 70.6 Å². The number of hydrogen-bond donors (Lipinski definition) is 0. The molecular weight excluding hydrogens is 344 g/mol. The fraction of sp³-hybridized carbons (Fsp3) is 0.560. The maximum absolute atomic E-state index is 6.42. The van der Waals surface area contributed by atoms with Gasteiger partial charge in [-0.1, -0.05) is 31.4 Å². The van der Waals surface area contributed by atoms with E-state index in [1.165, 1.54) is 55.2 Å². The molecule has 1 aliphatic heterocycles. The quantitative estimate of drug-likeness (QED) is 0.461. The van der Waals surface area contributed by atoms with Crippen molar-refractivity contribution in [2.75, 3.05) is 4.90 Å². The van der Waals surface area contributed by atoms with Crippen molar-refractivity contribution in [1.82, 2.24) is 4.98 Å². The van der Waals surface area contributed by atoms with Gasteiger partial charge < -0.3 is 9.32 Å². The molecule has 0 unspecified atom stereocenters. The third-order valence-electron chi connectivity index (χ3n) is 7.62. The maximum atomic E-state index is 6.42. The second-order valence-corrected chi connectivity index (χ2v) is 9.97. The molecule has 1 spiro atoms. The Hall–Kier alpha value is -2.03. The van der Waals surface area contributed by atoms with E-state index in [9.17, 15) is 0 Å². The van der Waals surface area contributed by atoms with Crippen molar-refractivity contribution in [3.05, 3.63) is 35.5 Å². The number of rotatable bonds is 1. The highest BCUT2D eigenvalue weighted by Crippen LogP contribution is 2.57. The van der Waals surface area contributed by atoms with Crippen LogP contribution in [0.2, 0.25) is 0 Å². The smallest absolute Gasteiger partial charge is 0.227 e. The summed E-state index contributed by atoms with van der Waals surface area (Å²) in [5.41, 5.74) is 5.93. The number of furan rings is 1. The number of nitrogens with zero attached hydrogens (tertiary/aromatic N) is 2. The number of aromatic nitrogens is 1. The molecule has 1 saturated carbocycles. The van der Waals surface area contributed by atoms with Gasteiger partial charge in [0, 0.05) is 28.0 Å². The molecule has 5 rings (SSSR count). The Bertz CT molecular complexity index is 1060. The maximum Gasteiger partial charge on any atom is 0.227 e. The van der Waals surface area contributed by atoms with Crippen LogP contribution in [0.25, 0.3) is 22.1 Å². The van der Waals surface area contributed by atoms with Crippen LogP contribution < -0.4 is 4.90 Å². The van der Waals surface area contributed by atoms with Crippen molar-refractivity contribution in [3.8, 4) is 0 Å². The molecule has 1 aliphatic carbocycles. The molecule has 0 amide bonds. The van der Waals surface area contributed by atoms with Crippen molar-refractivity contribution in [1.29, 1.82) is 0 Å². The molecule has 148 valence electrons. The number of fused-ring (bicyclic) bond motifs is 3. The third kappa shape index (κ3) is 2.44. The number of pyridine rings is 1. The normalized spacial score (nSPS) is 23.9. The first kappa shape index (κ1) is 18.0.